The van der Waals surface area contributed by atoms with Crippen LogP contribution in [-0.2, 0) is 4.79 Å². The summed E-state index contributed by atoms with van der Waals surface area (Å²) in [6, 6.07) is 0. The summed E-state index contributed by atoms with van der Waals surface area (Å²) in [6.07, 6.45) is 3.08. The van der Waals surface area contributed by atoms with Gasteiger partial charge in [-0.1, -0.05) is 6.92 Å². The lowest BCUT2D eigenvalue weighted by Crippen LogP contribution is -2.59. The van der Waals surface area contributed by atoms with E-state index >= 15 is 0 Å². The predicted octanol–water partition coefficient (Wildman–Crippen LogP) is 0.951. The zero-order valence-electron chi connectivity index (χ0n) is 9.25. The van der Waals surface area contributed by atoms with E-state index in [1.807, 2.05) is 11.8 Å². The number of hydrogen-bond donors (Lipinski definition) is 0. The Kier molecular flexibility index (Phi) is 2.52. The molecule has 3 heteroatoms. The average molecular weight is 196 g/mol. The fourth-order valence-corrected chi connectivity index (χ4v) is 2.87. The molecular weight excluding hydrogens is 176 g/mol. The van der Waals surface area contributed by atoms with Gasteiger partial charge in [0.05, 0.1) is 0 Å². The van der Waals surface area contributed by atoms with Crippen molar-refractivity contribution in [3.05, 3.63) is 0 Å². The minimum atomic E-state index is 0.326. The molecule has 3 nitrogen and oxygen atoms in total. The maximum atomic E-state index is 11.5. The number of piperidine rings is 1. The van der Waals surface area contributed by atoms with Gasteiger partial charge < -0.3 is 9.80 Å². The second-order valence-corrected chi connectivity index (χ2v) is 4.91. The van der Waals surface area contributed by atoms with Gasteiger partial charge in [-0.15, -0.1) is 0 Å². The third kappa shape index (κ3) is 1.65. The van der Waals surface area contributed by atoms with Crippen LogP contribution in [0, 0.1) is 5.41 Å². The molecule has 14 heavy (non-hydrogen) atoms. The number of amides is 1. The zero-order valence-corrected chi connectivity index (χ0v) is 9.25. The molecule has 1 amide bonds. The van der Waals surface area contributed by atoms with Crippen molar-refractivity contribution < 1.29 is 4.79 Å². The Morgan fingerprint density at radius 2 is 1.86 bits per heavy atom. The maximum Gasteiger partial charge on any atom is 0.222 e. The molecule has 2 saturated heterocycles. The van der Waals surface area contributed by atoms with Gasteiger partial charge in [0.25, 0.3) is 0 Å². The van der Waals surface area contributed by atoms with E-state index in [2.05, 4.69) is 11.9 Å². The summed E-state index contributed by atoms with van der Waals surface area (Å²) in [6.45, 7) is 6.40. The minimum Gasteiger partial charge on any atom is -0.343 e. The lowest BCUT2D eigenvalue weighted by Gasteiger charge is -2.52. The van der Waals surface area contributed by atoms with Gasteiger partial charge in [0, 0.05) is 32.6 Å². The van der Waals surface area contributed by atoms with Gasteiger partial charge >= 0.3 is 0 Å². The van der Waals surface area contributed by atoms with E-state index in [-0.39, 0.29) is 0 Å². The van der Waals surface area contributed by atoms with Gasteiger partial charge in [0.2, 0.25) is 5.91 Å². The first kappa shape index (κ1) is 9.97. The highest BCUT2D eigenvalue weighted by Crippen LogP contribution is 2.39. The normalized spacial score (nSPS) is 26.3. The number of carbonyl (C=O) groups is 1. The Balaban J connectivity index is 1.84. The summed E-state index contributed by atoms with van der Waals surface area (Å²) in [5.41, 5.74) is 0.569. The van der Waals surface area contributed by atoms with E-state index in [0.29, 0.717) is 17.7 Å². The molecule has 2 aliphatic heterocycles. The average Bonchev–Trinajstić information content (AvgIpc) is 2.16. The molecule has 1 spiro atoms. The minimum absolute atomic E-state index is 0.326. The van der Waals surface area contributed by atoms with Crippen molar-refractivity contribution >= 4 is 5.91 Å². The Morgan fingerprint density at radius 1 is 1.29 bits per heavy atom. The van der Waals surface area contributed by atoms with Crippen molar-refractivity contribution in [1.29, 1.82) is 0 Å². The topological polar surface area (TPSA) is 23.6 Å². The van der Waals surface area contributed by atoms with Crippen LogP contribution < -0.4 is 0 Å². The number of rotatable bonds is 1. The van der Waals surface area contributed by atoms with E-state index in [1.54, 1.807) is 0 Å². The SMILES string of the molecule is CCC(=O)N1CCC2(CC1)CN(C)C2. The summed E-state index contributed by atoms with van der Waals surface area (Å²) in [7, 11) is 2.18. The van der Waals surface area contributed by atoms with Crippen LogP contribution in [0.5, 0.6) is 0 Å². The Morgan fingerprint density at radius 3 is 2.29 bits per heavy atom. The molecule has 2 fully saturated rings. The van der Waals surface area contributed by atoms with Gasteiger partial charge in [-0.3, -0.25) is 4.79 Å². The second-order valence-electron chi connectivity index (χ2n) is 4.91. The Hall–Kier alpha value is -0.570. The summed E-state index contributed by atoms with van der Waals surface area (Å²) in [5.74, 6) is 0.326. The molecule has 2 aliphatic rings. The highest BCUT2D eigenvalue weighted by molar-refractivity contribution is 5.75. The van der Waals surface area contributed by atoms with Crippen LogP contribution in [0.1, 0.15) is 26.2 Å². The molecule has 2 heterocycles. The van der Waals surface area contributed by atoms with Gasteiger partial charge in [-0.25, -0.2) is 0 Å². The first-order valence-electron chi connectivity index (χ1n) is 5.61. The standard InChI is InChI=1S/C11H20N2O/c1-3-10(14)13-6-4-11(5-7-13)8-12(2)9-11/h3-9H2,1-2H3. The summed E-state index contributed by atoms with van der Waals surface area (Å²) < 4.78 is 0. The number of hydrogen-bond acceptors (Lipinski definition) is 2. The Bertz CT molecular complexity index is 223. The number of nitrogens with zero attached hydrogens (tertiary/aromatic N) is 2. The van der Waals surface area contributed by atoms with E-state index < -0.39 is 0 Å². The zero-order chi connectivity index (χ0) is 10.2. The summed E-state index contributed by atoms with van der Waals surface area (Å²) in [5, 5.41) is 0. The number of likely N-dealkylation sites (tertiary alicyclic amines) is 2. The van der Waals surface area contributed by atoms with Crippen molar-refractivity contribution in [2.24, 2.45) is 5.41 Å². The highest BCUT2D eigenvalue weighted by Gasteiger charge is 2.43. The van der Waals surface area contributed by atoms with Gasteiger partial charge in [0.15, 0.2) is 0 Å². The maximum absolute atomic E-state index is 11.5. The molecule has 0 saturated carbocycles. The van der Waals surface area contributed by atoms with E-state index in [4.69, 9.17) is 0 Å². The molecular formula is C11H20N2O. The smallest absolute Gasteiger partial charge is 0.222 e. The van der Waals surface area contributed by atoms with Crippen molar-refractivity contribution in [1.82, 2.24) is 9.80 Å². The molecule has 0 aromatic carbocycles. The van der Waals surface area contributed by atoms with Crippen LogP contribution in [0.2, 0.25) is 0 Å². The lowest BCUT2D eigenvalue weighted by atomic mass is 9.72. The van der Waals surface area contributed by atoms with Crippen molar-refractivity contribution in [3.8, 4) is 0 Å². The molecule has 0 aliphatic carbocycles. The Labute approximate surface area is 86.1 Å². The molecule has 0 aromatic rings. The lowest BCUT2D eigenvalue weighted by molar-refractivity contribution is -0.135. The van der Waals surface area contributed by atoms with Gasteiger partial charge in [-0.05, 0) is 25.3 Å². The fourth-order valence-electron chi connectivity index (χ4n) is 2.87. The molecule has 0 bridgehead atoms. The molecule has 0 N–H and O–H groups in total. The van der Waals surface area contributed by atoms with Crippen LogP contribution in [0.3, 0.4) is 0 Å². The third-order valence-electron chi connectivity index (χ3n) is 3.69. The monoisotopic (exact) mass is 196 g/mol. The van der Waals surface area contributed by atoms with Crippen LogP contribution in [-0.4, -0.2) is 48.9 Å². The summed E-state index contributed by atoms with van der Waals surface area (Å²) >= 11 is 0. The van der Waals surface area contributed by atoms with E-state index in [0.717, 1.165) is 13.1 Å². The first-order chi connectivity index (χ1) is 6.65. The van der Waals surface area contributed by atoms with Gasteiger partial charge in [0.1, 0.15) is 0 Å². The first-order valence-corrected chi connectivity index (χ1v) is 5.61. The fraction of sp³-hybridized carbons (Fsp3) is 0.909. The second kappa shape index (κ2) is 3.54. The van der Waals surface area contributed by atoms with E-state index in [9.17, 15) is 4.79 Å². The van der Waals surface area contributed by atoms with Crippen LogP contribution >= 0.6 is 0 Å². The molecule has 80 valence electrons. The summed E-state index contributed by atoms with van der Waals surface area (Å²) in [4.78, 5) is 15.9. The molecule has 0 aromatic heterocycles. The van der Waals surface area contributed by atoms with Crippen molar-refractivity contribution in [2.75, 3.05) is 33.2 Å². The molecule has 0 unspecified atom stereocenters. The quantitative estimate of drug-likeness (QED) is 0.623. The van der Waals surface area contributed by atoms with Crippen molar-refractivity contribution in [3.63, 3.8) is 0 Å². The predicted molar refractivity (Wildman–Crippen MR) is 56.0 cm³/mol. The van der Waals surface area contributed by atoms with Crippen molar-refractivity contribution in [2.45, 2.75) is 26.2 Å². The largest absolute Gasteiger partial charge is 0.343 e. The third-order valence-corrected chi connectivity index (χ3v) is 3.69. The molecule has 0 atom stereocenters. The number of carbonyl (C=O) groups excluding carboxylic acids is 1. The molecule has 0 radical (unpaired) electrons. The van der Waals surface area contributed by atoms with Crippen LogP contribution in [0.25, 0.3) is 0 Å². The highest BCUT2D eigenvalue weighted by atomic mass is 16.2. The van der Waals surface area contributed by atoms with E-state index in [1.165, 1.54) is 25.9 Å². The molecule has 2 rings (SSSR count). The van der Waals surface area contributed by atoms with Crippen LogP contribution in [0.4, 0.5) is 0 Å². The van der Waals surface area contributed by atoms with Crippen LogP contribution in [0.15, 0.2) is 0 Å². The van der Waals surface area contributed by atoms with Gasteiger partial charge in [-0.2, -0.15) is 0 Å².